The summed E-state index contributed by atoms with van der Waals surface area (Å²) in [6.07, 6.45) is 1.08. The Hall–Kier alpha value is -1.76. The summed E-state index contributed by atoms with van der Waals surface area (Å²) in [5, 5.41) is 2.16. The average Bonchev–Trinajstić information content (AvgIpc) is 2.99. The number of aromatic nitrogens is 1. The summed E-state index contributed by atoms with van der Waals surface area (Å²) in [4.78, 5) is 19.8. The standard InChI is InChI=1S/C15H18N4OS/c1-10-12-6-8-21-14(12)5-7-19(10)9-11-3-2-4-13(17-11)15(20)18-16/h2-4,6,8,10H,5,7,9,16H2,1H3,(H,18,20). The lowest BCUT2D eigenvalue weighted by Gasteiger charge is -2.33. The van der Waals surface area contributed by atoms with E-state index < -0.39 is 0 Å². The first-order valence-electron chi connectivity index (χ1n) is 6.96. The Morgan fingerprint density at radius 2 is 2.38 bits per heavy atom. The number of fused-ring (bicyclic) bond motifs is 1. The van der Waals surface area contributed by atoms with Gasteiger partial charge in [0.25, 0.3) is 5.91 Å². The first-order valence-corrected chi connectivity index (χ1v) is 7.84. The Morgan fingerprint density at radius 1 is 1.52 bits per heavy atom. The highest BCUT2D eigenvalue weighted by Gasteiger charge is 2.25. The van der Waals surface area contributed by atoms with Gasteiger partial charge < -0.3 is 0 Å². The summed E-state index contributed by atoms with van der Waals surface area (Å²) in [6, 6.07) is 8.06. The number of pyridine rings is 1. The van der Waals surface area contributed by atoms with Crippen LogP contribution in [0.1, 0.15) is 39.6 Å². The van der Waals surface area contributed by atoms with Crippen LogP contribution in [0.3, 0.4) is 0 Å². The molecule has 1 aliphatic rings. The first kappa shape index (κ1) is 14.2. The number of amides is 1. The van der Waals surface area contributed by atoms with Gasteiger partial charge in [0.2, 0.25) is 0 Å². The highest BCUT2D eigenvalue weighted by atomic mass is 32.1. The van der Waals surface area contributed by atoms with Crippen LogP contribution in [0.25, 0.3) is 0 Å². The van der Waals surface area contributed by atoms with E-state index in [4.69, 9.17) is 5.84 Å². The van der Waals surface area contributed by atoms with Gasteiger partial charge in [0.1, 0.15) is 5.69 Å². The maximum absolute atomic E-state index is 11.5. The van der Waals surface area contributed by atoms with Crippen LogP contribution in [0, 0.1) is 0 Å². The molecule has 5 nitrogen and oxygen atoms in total. The third-order valence-corrected chi connectivity index (χ3v) is 4.94. The molecular formula is C15H18N4OS. The van der Waals surface area contributed by atoms with Crippen molar-refractivity contribution >= 4 is 17.2 Å². The first-order chi connectivity index (χ1) is 10.2. The molecule has 2 aromatic heterocycles. The minimum absolute atomic E-state index is 0.357. The molecule has 0 saturated heterocycles. The van der Waals surface area contributed by atoms with Crippen molar-refractivity contribution in [2.45, 2.75) is 25.9 Å². The van der Waals surface area contributed by atoms with E-state index in [0.29, 0.717) is 11.7 Å². The predicted molar refractivity (Wildman–Crippen MR) is 82.7 cm³/mol. The van der Waals surface area contributed by atoms with Crippen molar-refractivity contribution in [3.8, 4) is 0 Å². The molecule has 6 heteroatoms. The molecule has 0 fully saturated rings. The summed E-state index contributed by atoms with van der Waals surface area (Å²) < 4.78 is 0. The lowest BCUT2D eigenvalue weighted by atomic mass is 10.0. The highest BCUT2D eigenvalue weighted by Crippen LogP contribution is 2.33. The molecule has 0 aliphatic carbocycles. The van der Waals surface area contributed by atoms with E-state index in [-0.39, 0.29) is 5.91 Å². The van der Waals surface area contributed by atoms with Crippen LogP contribution in [0.2, 0.25) is 0 Å². The third kappa shape index (κ3) is 2.83. The fraction of sp³-hybridized carbons (Fsp3) is 0.333. The molecule has 0 bridgehead atoms. The van der Waals surface area contributed by atoms with E-state index in [1.807, 2.05) is 23.5 Å². The highest BCUT2D eigenvalue weighted by molar-refractivity contribution is 7.10. The fourth-order valence-corrected chi connectivity index (χ4v) is 3.72. The number of nitrogens with one attached hydrogen (secondary N) is 1. The van der Waals surface area contributed by atoms with Crippen LogP contribution in [-0.4, -0.2) is 22.3 Å². The number of hydrazine groups is 1. The zero-order chi connectivity index (χ0) is 14.8. The molecule has 21 heavy (non-hydrogen) atoms. The number of hydrogen-bond acceptors (Lipinski definition) is 5. The van der Waals surface area contributed by atoms with Crippen LogP contribution >= 0.6 is 11.3 Å². The zero-order valence-corrected chi connectivity index (χ0v) is 12.7. The molecule has 2 aromatic rings. The Kier molecular flexibility index (Phi) is 4.01. The van der Waals surface area contributed by atoms with Gasteiger partial charge in [-0.1, -0.05) is 6.07 Å². The quantitative estimate of drug-likeness (QED) is 0.516. The summed E-state index contributed by atoms with van der Waals surface area (Å²) in [6.45, 7) is 3.98. The van der Waals surface area contributed by atoms with Crippen molar-refractivity contribution in [3.05, 3.63) is 51.5 Å². The molecule has 0 aromatic carbocycles. The number of nitrogens with zero attached hydrogens (tertiary/aromatic N) is 2. The summed E-state index contributed by atoms with van der Waals surface area (Å²) in [5.74, 6) is 4.80. The number of thiophene rings is 1. The van der Waals surface area contributed by atoms with Crippen molar-refractivity contribution in [3.63, 3.8) is 0 Å². The van der Waals surface area contributed by atoms with Gasteiger partial charge in [-0.15, -0.1) is 11.3 Å². The SMILES string of the molecule is CC1c2ccsc2CCN1Cc1cccc(C(=O)NN)n1. The molecule has 0 spiro atoms. The largest absolute Gasteiger partial charge is 0.290 e. The normalized spacial score (nSPS) is 18.3. The molecule has 3 heterocycles. The molecule has 1 unspecified atom stereocenters. The number of hydrogen-bond donors (Lipinski definition) is 2. The Balaban J connectivity index is 1.77. The van der Waals surface area contributed by atoms with E-state index in [2.05, 4.69) is 33.7 Å². The molecule has 1 atom stereocenters. The topological polar surface area (TPSA) is 71.2 Å². The maximum atomic E-state index is 11.5. The van der Waals surface area contributed by atoms with Gasteiger partial charge in [-0.2, -0.15) is 0 Å². The van der Waals surface area contributed by atoms with Crippen molar-refractivity contribution in [2.75, 3.05) is 6.54 Å². The van der Waals surface area contributed by atoms with Crippen LogP contribution in [0.15, 0.2) is 29.6 Å². The minimum atomic E-state index is -0.358. The van der Waals surface area contributed by atoms with Gasteiger partial charge in [-0.3, -0.25) is 15.1 Å². The summed E-state index contributed by atoms with van der Waals surface area (Å²) >= 11 is 1.84. The Bertz CT molecular complexity index is 655. The third-order valence-electron chi connectivity index (χ3n) is 3.94. The molecular weight excluding hydrogens is 284 g/mol. The molecule has 3 N–H and O–H groups in total. The Morgan fingerprint density at radius 3 is 3.19 bits per heavy atom. The van der Waals surface area contributed by atoms with E-state index >= 15 is 0 Å². The summed E-state index contributed by atoms with van der Waals surface area (Å²) in [5.41, 5.74) is 4.78. The van der Waals surface area contributed by atoms with E-state index in [0.717, 1.165) is 25.2 Å². The van der Waals surface area contributed by atoms with E-state index in [9.17, 15) is 4.79 Å². The van der Waals surface area contributed by atoms with Crippen LogP contribution in [-0.2, 0) is 13.0 Å². The Labute approximate surface area is 127 Å². The number of carbonyl (C=O) groups excluding carboxylic acids is 1. The number of rotatable bonds is 3. The van der Waals surface area contributed by atoms with Gasteiger partial charge >= 0.3 is 0 Å². The minimum Gasteiger partial charge on any atom is -0.290 e. The monoisotopic (exact) mass is 302 g/mol. The van der Waals surface area contributed by atoms with Crippen molar-refractivity contribution in [2.24, 2.45) is 5.84 Å². The molecule has 0 saturated carbocycles. The lowest BCUT2D eigenvalue weighted by molar-refractivity contribution is 0.0948. The van der Waals surface area contributed by atoms with Crippen molar-refractivity contribution in [1.29, 1.82) is 0 Å². The van der Waals surface area contributed by atoms with Crippen LogP contribution < -0.4 is 11.3 Å². The van der Waals surface area contributed by atoms with Crippen molar-refractivity contribution < 1.29 is 4.79 Å². The molecule has 1 aliphatic heterocycles. The van der Waals surface area contributed by atoms with Gasteiger partial charge in [0.05, 0.1) is 5.69 Å². The maximum Gasteiger partial charge on any atom is 0.283 e. The molecule has 0 radical (unpaired) electrons. The van der Waals surface area contributed by atoms with Crippen LogP contribution in [0.5, 0.6) is 0 Å². The van der Waals surface area contributed by atoms with Gasteiger partial charge in [0.15, 0.2) is 0 Å². The predicted octanol–water partition coefficient (Wildman–Crippen LogP) is 1.87. The number of nitrogens with two attached hydrogens (primary N) is 1. The van der Waals surface area contributed by atoms with Crippen LogP contribution in [0.4, 0.5) is 0 Å². The summed E-state index contributed by atoms with van der Waals surface area (Å²) in [7, 11) is 0. The van der Waals surface area contributed by atoms with Gasteiger partial charge in [-0.05, 0) is 42.5 Å². The fourth-order valence-electron chi connectivity index (χ4n) is 2.75. The molecule has 3 rings (SSSR count). The number of carbonyl (C=O) groups is 1. The smallest absolute Gasteiger partial charge is 0.283 e. The zero-order valence-electron chi connectivity index (χ0n) is 11.9. The van der Waals surface area contributed by atoms with Gasteiger partial charge in [0, 0.05) is 24.0 Å². The van der Waals surface area contributed by atoms with E-state index in [1.54, 1.807) is 6.07 Å². The average molecular weight is 302 g/mol. The number of nitrogen functional groups attached to an aromatic ring is 1. The lowest BCUT2D eigenvalue weighted by Crippen LogP contribution is -2.33. The second-order valence-electron chi connectivity index (χ2n) is 5.18. The molecule has 110 valence electrons. The second-order valence-corrected chi connectivity index (χ2v) is 6.18. The van der Waals surface area contributed by atoms with E-state index in [1.165, 1.54) is 10.4 Å². The van der Waals surface area contributed by atoms with Crippen molar-refractivity contribution in [1.82, 2.24) is 15.3 Å². The van der Waals surface area contributed by atoms with Gasteiger partial charge in [-0.25, -0.2) is 10.8 Å². The second kappa shape index (κ2) is 5.93. The molecule has 1 amide bonds.